The Hall–Kier alpha value is -2.32. The first kappa shape index (κ1) is 54.7. The van der Waals surface area contributed by atoms with Gasteiger partial charge in [-0.25, -0.2) is 0 Å². The predicted octanol–water partition coefficient (Wildman–Crippen LogP) is 11.9. The van der Waals surface area contributed by atoms with Crippen LogP contribution in [0.3, 0.4) is 0 Å². The van der Waals surface area contributed by atoms with Gasteiger partial charge in [0.2, 0.25) is 5.91 Å². The molecule has 0 aliphatic carbocycles. The first-order valence-corrected chi connectivity index (χ1v) is 23.9. The van der Waals surface area contributed by atoms with E-state index in [1.54, 1.807) is 6.08 Å². The molecule has 0 aliphatic heterocycles. The molecule has 0 saturated heterocycles. The zero-order valence-electron chi connectivity index (χ0n) is 37.0. The highest BCUT2D eigenvalue weighted by Gasteiger charge is 2.23. The monoisotopic (exact) mass is 817 g/mol. The van der Waals surface area contributed by atoms with Crippen LogP contribution in [0.2, 0.25) is 0 Å². The third kappa shape index (κ3) is 41.6. The fourth-order valence-corrected chi connectivity index (χ4v) is 6.51. The number of rotatable bonds is 39. The molecule has 0 bridgehead atoms. The minimum atomic E-state index is -4.62. The molecular weight excluding hydrogens is 732 g/mol. The molecule has 2 N–H and O–H groups in total. The first-order chi connectivity index (χ1) is 27.5. The number of allylic oxidation sites excluding steroid dienone is 13. The SMILES string of the molecule is CC/C=C\C/C=C\C/C=C\C/C=C\C/C=C\CCCC(=O)NC(COP(=O)([O-])OCC[N+](C)(C)C)C(O)/C=C/CC/C=C/CCCCCCCCCCCCCC. The molecule has 0 radical (unpaired) electrons. The maximum absolute atomic E-state index is 12.8. The number of phosphoric ester groups is 1. The summed E-state index contributed by atoms with van der Waals surface area (Å²) in [6.07, 6.45) is 53.6. The topological polar surface area (TPSA) is 108 Å². The summed E-state index contributed by atoms with van der Waals surface area (Å²) in [4.78, 5) is 25.3. The summed E-state index contributed by atoms with van der Waals surface area (Å²) in [5.41, 5.74) is 0. The molecule has 0 heterocycles. The van der Waals surface area contributed by atoms with E-state index in [0.717, 1.165) is 57.8 Å². The van der Waals surface area contributed by atoms with Crippen molar-refractivity contribution in [1.82, 2.24) is 5.32 Å². The minimum Gasteiger partial charge on any atom is -0.756 e. The first-order valence-electron chi connectivity index (χ1n) is 22.4. The quantitative estimate of drug-likeness (QED) is 0.0277. The number of aliphatic hydroxyl groups is 1. The molecule has 0 aliphatic rings. The second-order valence-electron chi connectivity index (χ2n) is 16.0. The van der Waals surface area contributed by atoms with Gasteiger partial charge in [0.15, 0.2) is 0 Å². The van der Waals surface area contributed by atoms with Gasteiger partial charge in [-0.2, -0.15) is 0 Å². The summed E-state index contributed by atoms with van der Waals surface area (Å²) in [5.74, 6) is -0.268. The van der Waals surface area contributed by atoms with Gasteiger partial charge in [0.1, 0.15) is 13.2 Å². The highest BCUT2D eigenvalue weighted by molar-refractivity contribution is 7.45. The lowest BCUT2D eigenvalue weighted by atomic mass is 10.0. The Morgan fingerprint density at radius 2 is 1.09 bits per heavy atom. The number of amides is 1. The van der Waals surface area contributed by atoms with Crippen LogP contribution in [0.5, 0.6) is 0 Å². The summed E-state index contributed by atoms with van der Waals surface area (Å²) in [6.45, 7) is 4.44. The maximum Gasteiger partial charge on any atom is 0.268 e. The average molecular weight is 817 g/mol. The number of likely N-dealkylation sites (N-methyl/N-ethyl adjacent to an activating group) is 1. The lowest BCUT2D eigenvalue weighted by Gasteiger charge is -2.29. The Morgan fingerprint density at radius 3 is 1.63 bits per heavy atom. The molecule has 9 heteroatoms. The molecule has 1 amide bonds. The van der Waals surface area contributed by atoms with E-state index in [2.05, 4.69) is 92.1 Å². The molecule has 328 valence electrons. The lowest BCUT2D eigenvalue weighted by molar-refractivity contribution is -0.870. The highest BCUT2D eigenvalue weighted by Crippen LogP contribution is 2.38. The van der Waals surface area contributed by atoms with Gasteiger partial charge in [0.25, 0.3) is 7.82 Å². The van der Waals surface area contributed by atoms with Gasteiger partial charge in [-0.1, -0.05) is 170 Å². The molecule has 0 spiro atoms. The van der Waals surface area contributed by atoms with Crippen LogP contribution in [0.1, 0.15) is 162 Å². The third-order valence-corrected chi connectivity index (χ3v) is 10.3. The van der Waals surface area contributed by atoms with Crippen LogP contribution in [0.4, 0.5) is 0 Å². The van der Waals surface area contributed by atoms with Gasteiger partial charge in [-0.3, -0.25) is 9.36 Å². The molecule has 0 aromatic heterocycles. The van der Waals surface area contributed by atoms with E-state index in [9.17, 15) is 19.4 Å². The number of aliphatic hydroxyl groups excluding tert-OH is 1. The summed E-state index contributed by atoms with van der Waals surface area (Å²) < 4.78 is 23.1. The van der Waals surface area contributed by atoms with Crippen molar-refractivity contribution >= 4 is 13.7 Å². The van der Waals surface area contributed by atoms with Crippen molar-refractivity contribution in [2.24, 2.45) is 0 Å². The van der Waals surface area contributed by atoms with E-state index in [-0.39, 0.29) is 18.9 Å². The van der Waals surface area contributed by atoms with Gasteiger partial charge >= 0.3 is 0 Å². The van der Waals surface area contributed by atoms with Gasteiger partial charge in [-0.15, -0.1) is 0 Å². The smallest absolute Gasteiger partial charge is 0.268 e. The van der Waals surface area contributed by atoms with E-state index >= 15 is 0 Å². The second kappa shape index (κ2) is 39.2. The Balaban J connectivity index is 4.59. The Bertz CT molecular complexity index is 1200. The van der Waals surface area contributed by atoms with Crippen LogP contribution >= 0.6 is 7.82 Å². The Labute approximate surface area is 350 Å². The predicted molar refractivity (Wildman–Crippen MR) is 242 cm³/mol. The molecule has 0 aromatic carbocycles. The number of hydrogen-bond acceptors (Lipinski definition) is 6. The number of carbonyl (C=O) groups is 1. The standard InChI is InChI=1S/C48H85N2O6P/c1-6-8-10-12-14-16-18-20-22-24-26-27-29-31-33-35-37-39-41-47(51)46(45-56-57(53,54)55-44-43-50(3,4)5)49-48(52)42-40-38-36-34-32-30-28-25-23-21-19-17-15-13-11-9-7-2/h9,11,15,17,21,23,28,30-31,33-34,36,39,41,46-47,51H,6-8,10,12-14,16,18-20,22,24-27,29,32,35,37-38,40,42-45H2,1-5H3,(H-,49,52,53,54)/b11-9-,17-15-,23-21-,30-28-,33-31+,36-34-,41-39+. The molecule has 57 heavy (non-hydrogen) atoms. The minimum absolute atomic E-state index is 0.0214. The number of phosphoric acid groups is 1. The van der Waals surface area contributed by atoms with Gasteiger partial charge in [0, 0.05) is 6.42 Å². The van der Waals surface area contributed by atoms with E-state index in [1.807, 2.05) is 27.2 Å². The average Bonchev–Trinajstić information content (AvgIpc) is 3.16. The van der Waals surface area contributed by atoms with E-state index < -0.39 is 26.6 Å². The number of nitrogens with one attached hydrogen (secondary N) is 1. The van der Waals surface area contributed by atoms with Crippen molar-refractivity contribution in [2.45, 2.75) is 174 Å². The largest absolute Gasteiger partial charge is 0.756 e. The zero-order chi connectivity index (χ0) is 42.1. The normalized spacial score (nSPS) is 15.1. The summed E-state index contributed by atoms with van der Waals surface area (Å²) in [5, 5.41) is 13.7. The number of quaternary nitrogens is 1. The number of hydrogen-bond donors (Lipinski definition) is 2. The lowest BCUT2D eigenvalue weighted by Crippen LogP contribution is -2.45. The van der Waals surface area contributed by atoms with Gasteiger partial charge in [-0.05, 0) is 70.6 Å². The van der Waals surface area contributed by atoms with Gasteiger partial charge in [0.05, 0.1) is 39.9 Å². The van der Waals surface area contributed by atoms with Crippen molar-refractivity contribution in [1.29, 1.82) is 0 Å². The summed E-state index contributed by atoms with van der Waals surface area (Å²) in [7, 11) is 1.19. The van der Waals surface area contributed by atoms with Crippen LogP contribution in [-0.2, 0) is 18.4 Å². The van der Waals surface area contributed by atoms with E-state index in [4.69, 9.17) is 9.05 Å². The highest BCUT2D eigenvalue weighted by atomic mass is 31.2. The molecule has 0 aromatic rings. The van der Waals surface area contributed by atoms with Crippen LogP contribution in [0.25, 0.3) is 0 Å². The Kier molecular flexibility index (Phi) is 37.6. The number of carbonyl (C=O) groups excluding carboxylic acids is 1. The van der Waals surface area contributed by atoms with Crippen molar-refractivity contribution in [3.63, 3.8) is 0 Å². The number of unbranched alkanes of at least 4 members (excludes halogenated alkanes) is 14. The number of nitrogens with zero attached hydrogens (tertiary/aromatic N) is 1. The molecule has 3 atom stereocenters. The second-order valence-corrected chi connectivity index (χ2v) is 17.4. The Morgan fingerprint density at radius 1 is 0.632 bits per heavy atom. The zero-order valence-corrected chi connectivity index (χ0v) is 37.9. The summed E-state index contributed by atoms with van der Waals surface area (Å²) >= 11 is 0. The van der Waals surface area contributed by atoms with Crippen molar-refractivity contribution < 1.29 is 32.9 Å². The maximum atomic E-state index is 12.8. The van der Waals surface area contributed by atoms with Crippen LogP contribution in [0.15, 0.2) is 85.1 Å². The van der Waals surface area contributed by atoms with Crippen LogP contribution in [-0.4, -0.2) is 68.5 Å². The van der Waals surface area contributed by atoms with E-state index in [1.165, 1.54) is 77.0 Å². The van der Waals surface area contributed by atoms with Gasteiger partial charge < -0.3 is 28.8 Å². The molecule has 0 rings (SSSR count). The fraction of sp³-hybridized carbons (Fsp3) is 0.688. The van der Waals surface area contributed by atoms with Crippen molar-refractivity contribution in [2.75, 3.05) is 40.9 Å². The molecular formula is C48H85N2O6P. The fourth-order valence-electron chi connectivity index (χ4n) is 5.79. The molecule has 8 nitrogen and oxygen atoms in total. The molecule has 0 saturated carbocycles. The summed E-state index contributed by atoms with van der Waals surface area (Å²) in [6, 6.07) is -0.937. The van der Waals surface area contributed by atoms with Crippen LogP contribution < -0.4 is 10.2 Å². The molecule has 3 unspecified atom stereocenters. The van der Waals surface area contributed by atoms with E-state index in [0.29, 0.717) is 17.4 Å². The van der Waals surface area contributed by atoms with Crippen molar-refractivity contribution in [3.05, 3.63) is 85.1 Å². The van der Waals surface area contributed by atoms with Crippen LogP contribution in [0, 0.1) is 0 Å². The third-order valence-electron chi connectivity index (χ3n) is 9.34. The molecule has 0 fully saturated rings. The van der Waals surface area contributed by atoms with Crippen molar-refractivity contribution in [3.8, 4) is 0 Å².